The van der Waals surface area contributed by atoms with Crippen LogP contribution in [-0.2, 0) is 29.4 Å². The van der Waals surface area contributed by atoms with Crippen LogP contribution in [0.2, 0.25) is 0 Å². The summed E-state index contributed by atoms with van der Waals surface area (Å²) in [6.45, 7) is 5.02. The van der Waals surface area contributed by atoms with Crippen molar-refractivity contribution in [2.24, 2.45) is 5.92 Å². The quantitative estimate of drug-likeness (QED) is 0.119. The number of likely N-dealkylation sites (N-methyl/N-ethyl adjacent to an activating group) is 1. The molecule has 0 saturated heterocycles. The highest BCUT2D eigenvalue weighted by Gasteiger charge is 2.35. The van der Waals surface area contributed by atoms with E-state index in [0.717, 1.165) is 4.31 Å². The third-order valence-electron chi connectivity index (χ3n) is 5.51. The first-order valence-corrected chi connectivity index (χ1v) is 15.4. The van der Waals surface area contributed by atoms with E-state index < -0.39 is 43.6 Å². The standard InChI is InChI=1S/C13H20N2O5S.C13H16N2O5S/c1-9(2)12(13(16)14-17)15(3)21(18,19)11-7-5-10(20-4)6-8-11;1-2-3-8-20-11-4-6-12(7-5-11)21(18,19)10-14-9-13(16)15-17/h5-9,12,17H,1-4H3,(H,14,16);4-7,14,17H,8-10H2,1H3,(H,15,16). The monoisotopic (exact) mass is 628 g/mol. The van der Waals surface area contributed by atoms with Crippen LogP contribution in [0.3, 0.4) is 0 Å². The summed E-state index contributed by atoms with van der Waals surface area (Å²) in [5.74, 6) is 4.24. The van der Waals surface area contributed by atoms with Crippen molar-refractivity contribution in [1.82, 2.24) is 20.6 Å². The van der Waals surface area contributed by atoms with Gasteiger partial charge in [-0.1, -0.05) is 19.8 Å². The lowest BCUT2D eigenvalue weighted by molar-refractivity contribution is -0.134. The molecule has 0 fully saturated rings. The Labute approximate surface area is 245 Å². The summed E-state index contributed by atoms with van der Waals surface area (Å²) < 4.78 is 60.2. The molecule has 2 rings (SSSR count). The van der Waals surface area contributed by atoms with Gasteiger partial charge in [-0.25, -0.2) is 27.8 Å². The number of rotatable bonds is 13. The number of carbonyl (C=O) groups is 2. The van der Waals surface area contributed by atoms with Crippen molar-refractivity contribution in [3.8, 4) is 23.3 Å². The second-order valence-electron chi connectivity index (χ2n) is 8.77. The number of hydrogen-bond donors (Lipinski definition) is 5. The van der Waals surface area contributed by atoms with Crippen molar-refractivity contribution in [3.63, 3.8) is 0 Å². The molecule has 5 N–H and O–H groups in total. The number of hydroxylamine groups is 2. The van der Waals surface area contributed by atoms with E-state index in [9.17, 15) is 26.4 Å². The molecule has 1 atom stereocenters. The van der Waals surface area contributed by atoms with E-state index in [1.807, 2.05) is 0 Å². The van der Waals surface area contributed by atoms with Gasteiger partial charge in [-0.3, -0.25) is 25.3 Å². The largest absolute Gasteiger partial charge is 0.497 e. The zero-order chi connectivity index (χ0) is 31.9. The van der Waals surface area contributed by atoms with Crippen molar-refractivity contribution < 1.29 is 46.3 Å². The Hall–Kier alpha value is -3.72. The van der Waals surface area contributed by atoms with Gasteiger partial charge < -0.3 is 9.47 Å². The Balaban J connectivity index is 0.000000420. The number of amides is 2. The van der Waals surface area contributed by atoms with Crippen LogP contribution in [0.5, 0.6) is 11.5 Å². The van der Waals surface area contributed by atoms with Crippen LogP contribution in [0.25, 0.3) is 0 Å². The molecule has 0 spiro atoms. The van der Waals surface area contributed by atoms with Crippen LogP contribution in [0, 0.1) is 17.8 Å². The summed E-state index contributed by atoms with van der Waals surface area (Å²) in [7, 11) is -4.63. The van der Waals surface area contributed by atoms with Gasteiger partial charge in [0.1, 0.15) is 30.0 Å². The Morgan fingerprint density at radius 2 is 1.48 bits per heavy atom. The van der Waals surface area contributed by atoms with E-state index in [-0.39, 0.29) is 28.9 Å². The molecule has 2 amide bonds. The molecule has 2 aromatic carbocycles. The van der Waals surface area contributed by atoms with Crippen LogP contribution < -0.4 is 25.8 Å². The molecular formula is C26H36N4O10S2. The lowest BCUT2D eigenvalue weighted by atomic mass is 10.0. The van der Waals surface area contributed by atoms with Gasteiger partial charge in [0.2, 0.25) is 10.0 Å². The third-order valence-corrected chi connectivity index (χ3v) is 8.94. The maximum atomic E-state index is 12.5. The fourth-order valence-corrected chi connectivity index (χ4v) is 5.91. The summed E-state index contributed by atoms with van der Waals surface area (Å²) in [6, 6.07) is 10.7. The Morgan fingerprint density at radius 3 is 1.95 bits per heavy atom. The molecular weight excluding hydrogens is 592 g/mol. The molecule has 42 heavy (non-hydrogen) atoms. The maximum absolute atomic E-state index is 12.5. The second kappa shape index (κ2) is 17.3. The van der Waals surface area contributed by atoms with E-state index in [1.54, 1.807) is 20.8 Å². The van der Waals surface area contributed by atoms with Gasteiger partial charge in [0.15, 0.2) is 9.84 Å². The summed E-state index contributed by atoms with van der Waals surface area (Å²) >= 11 is 0. The highest BCUT2D eigenvalue weighted by Crippen LogP contribution is 2.22. The van der Waals surface area contributed by atoms with Crippen molar-refractivity contribution >= 4 is 31.7 Å². The normalized spacial score (nSPS) is 11.8. The van der Waals surface area contributed by atoms with Gasteiger partial charge >= 0.3 is 0 Å². The fraction of sp³-hybridized carbons (Fsp3) is 0.385. The number of sulfone groups is 1. The zero-order valence-corrected chi connectivity index (χ0v) is 25.5. The van der Waals surface area contributed by atoms with Gasteiger partial charge in [-0.2, -0.15) is 4.31 Å². The number of sulfonamides is 1. The predicted octanol–water partition coefficient (Wildman–Crippen LogP) is 0.761. The average Bonchev–Trinajstić information content (AvgIpc) is 2.97. The first kappa shape index (κ1) is 36.3. The lowest BCUT2D eigenvalue weighted by Crippen LogP contribution is -2.49. The number of ether oxygens (including phenoxy) is 2. The maximum Gasteiger partial charge on any atom is 0.262 e. The van der Waals surface area contributed by atoms with E-state index in [0.29, 0.717) is 11.5 Å². The Kier molecular flexibility index (Phi) is 14.9. The van der Waals surface area contributed by atoms with Gasteiger partial charge in [-0.05, 0) is 61.4 Å². The molecule has 1 unspecified atom stereocenters. The van der Waals surface area contributed by atoms with Crippen LogP contribution in [0.15, 0.2) is 58.3 Å². The van der Waals surface area contributed by atoms with Gasteiger partial charge in [0, 0.05) is 7.05 Å². The summed E-state index contributed by atoms with van der Waals surface area (Å²) in [5.41, 5.74) is 2.90. The van der Waals surface area contributed by atoms with Crippen LogP contribution in [0.4, 0.5) is 0 Å². The lowest BCUT2D eigenvalue weighted by Gasteiger charge is -2.28. The van der Waals surface area contributed by atoms with Crippen molar-refractivity contribution in [2.75, 3.05) is 33.2 Å². The Morgan fingerprint density at radius 1 is 0.929 bits per heavy atom. The first-order valence-electron chi connectivity index (χ1n) is 12.3. The molecule has 0 bridgehead atoms. The number of nitrogens with zero attached hydrogens (tertiary/aromatic N) is 1. The molecule has 232 valence electrons. The fourth-order valence-electron chi connectivity index (χ4n) is 3.37. The highest BCUT2D eigenvalue weighted by atomic mass is 32.2. The molecule has 0 aromatic heterocycles. The van der Waals surface area contributed by atoms with Crippen LogP contribution in [0.1, 0.15) is 20.8 Å². The van der Waals surface area contributed by atoms with Crippen LogP contribution >= 0.6 is 0 Å². The molecule has 0 saturated carbocycles. The van der Waals surface area contributed by atoms with E-state index in [4.69, 9.17) is 19.9 Å². The summed E-state index contributed by atoms with van der Waals surface area (Å²) in [4.78, 5) is 22.6. The average molecular weight is 629 g/mol. The molecule has 2 aromatic rings. The zero-order valence-electron chi connectivity index (χ0n) is 23.8. The van der Waals surface area contributed by atoms with Gasteiger partial charge in [-0.15, -0.1) is 5.92 Å². The van der Waals surface area contributed by atoms with E-state index in [2.05, 4.69) is 17.2 Å². The van der Waals surface area contributed by atoms with Crippen LogP contribution in [-0.4, -0.2) is 82.6 Å². The number of methoxy groups -OCH3 is 1. The number of carbonyl (C=O) groups excluding carboxylic acids is 2. The van der Waals surface area contributed by atoms with E-state index >= 15 is 0 Å². The second-order valence-corrected chi connectivity index (χ2v) is 12.8. The SMILES string of the molecule is CC#CCOc1ccc(S(=O)(=O)CNCC(=O)NO)cc1.COc1ccc(S(=O)(=O)N(C)C(C(=O)NO)C(C)C)cc1. The molecule has 0 aliphatic heterocycles. The van der Waals surface area contributed by atoms with E-state index in [1.165, 1.54) is 73.6 Å². The molecule has 0 heterocycles. The molecule has 0 aliphatic rings. The summed E-state index contributed by atoms with van der Waals surface area (Å²) in [6.07, 6.45) is 0. The van der Waals surface area contributed by atoms with Crippen molar-refractivity contribution in [2.45, 2.75) is 36.6 Å². The molecule has 0 radical (unpaired) electrons. The highest BCUT2D eigenvalue weighted by molar-refractivity contribution is 7.91. The topological polar surface area (TPSA) is 201 Å². The minimum Gasteiger partial charge on any atom is -0.497 e. The molecule has 0 aliphatic carbocycles. The third kappa shape index (κ3) is 10.9. The van der Waals surface area contributed by atoms with Gasteiger partial charge in [0.25, 0.3) is 11.8 Å². The van der Waals surface area contributed by atoms with Gasteiger partial charge in [0.05, 0.1) is 23.4 Å². The van der Waals surface area contributed by atoms with Crippen molar-refractivity contribution in [1.29, 1.82) is 0 Å². The minimum absolute atomic E-state index is 0.0437. The smallest absolute Gasteiger partial charge is 0.262 e. The molecule has 16 heteroatoms. The predicted molar refractivity (Wildman–Crippen MR) is 152 cm³/mol. The first-order chi connectivity index (χ1) is 19.7. The summed E-state index contributed by atoms with van der Waals surface area (Å²) in [5, 5.41) is 19.5. The number of benzene rings is 2. The minimum atomic E-state index is -3.86. The Bertz CT molecular complexity index is 1430. The van der Waals surface area contributed by atoms with Crippen molar-refractivity contribution in [3.05, 3.63) is 48.5 Å². The number of hydrogen-bond acceptors (Lipinski definition) is 11. The number of nitrogens with one attached hydrogen (secondary N) is 3. The molecule has 14 nitrogen and oxygen atoms in total.